The van der Waals surface area contributed by atoms with E-state index in [1.54, 1.807) is 4.68 Å². The molecular formula is C17H16N2O. The maximum atomic E-state index is 10.3. The van der Waals surface area contributed by atoms with E-state index >= 15 is 0 Å². The van der Waals surface area contributed by atoms with Crippen LogP contribution >= 0.6 is 0 Å². The van der Waals surface area contributed by atoms with Crippen LogP contribution in [0.5, 0.6) is 5.75 Å². The Kier molecular flexibility index (Phi) is 3.03. The molecule has 0 spiro atoms. The van der Waals surface area contributed by atoms with Gasteiger partial charge in [-0.1, -0.05) is 48.0 Å². The molecule has 0 aliphatic rings. The normalized spacial score (nSPS) is 10.7. The van der Waals surface area contributed by atoms with Crippen molar-refractivity contribution < 1.29 is 5.11 Å². The number of para-hydroxylation sites is 1. The zero-order valence-corrected chi connectivity index (χ0v) is 11.5. The van der Waals surface area contributed by atoms with E-state index in [1.807, 2.05) is 68.4 Å². The molecule has 1 N–H and O–H groups in total. The van der Waals surface area contributed by atoms with Gasteiger partial charge in [0, 0.05) is 5.56 Å². The average molecular weight is 264 g/mol. The minimum Gasteiger partial charge on any atom is -0.504 e. The van der Waals surface area contributed by atoms with Crippen LogP contribution in [0.2, 0.25) is 0 Å². The third-order valence-electron chi connectivity index (χ3n) is 3.41. The molecule has 1 heterocycles. The lowest BCUT2D eigenvalue weighted by Gasteiger charge is -2.02. The van der Waals surface area contributed by atoms with Crippen molar-refractivity contribution in [3.63, 3.8) is 0 Å². The highest BCUT2D eigenvalue weighted by Gasteiger charge is 2.16. The zero-order chi connectivity index (χ0) is 14.1. The number of aryl methyl sites for hydroxylation is 1. The Bertz CT molecular complexity index is 728. The molecule has 20 heavy (non-hydrogen) atoms. The van der Waals surface area contributed by atoms with Crippen molar-refractivity contribution in [1.82, 2.24) is 9.78 Å². The monoisotopic (exact) mass is 264 g/mol. The van der Waals surface area contributed by atoms with Crippen LogP contribution in [0.4, 0.5) is 0 Å². The standard InChI is InChI=1S/C17H16N2O/c1-12-8-10-14(11-9-12)16-17(20)13(2)19(18-16)15-6-4-3-5-7-15/h3-11,20H,1-2H3. The highest BCUT2D eigenvalue weighted by atomic mass is 16.3. The van der Waals surface area contributed by atoms with Gasteiger partial charge in [0.15, 0.2) is 5.75 Å². The summed E-state index contributed by atoms with van der Waals surface area (Å²) in [5.74, 6) is 0.234. The van der Waals surface area contributed by atoms with Gasteiger partial charge in [0.25, 0.3) is 0 Å². The second-order valence-electron chi connectivity index (χ2n) is 4.90. The largest absolute Gasteiger partial charge is 0.504 e. The molecule has 0 fully saturated rings. The molecule has 0 radical (unpaired) electrons. The van der Waals surface area contributed by atoms with E-state index in [4.69, 9.17) is 0 Å². The first-order chi connectivity index (χ1) is 9.66. The van der Waals surface area contributed by atoms with Crippen molar-refractivity contribution in [1.29, 1.82) is 0 Å². The van der Waals surface area contributed by atoms with Crippen LogP contribution in [0, 0.1) is 13.8 Å². The summed E-state index contributed by atoms with van der Waals surface area (Å²) < 4.78 is 1.77. The van der Waals surface area contributed by atoms with Crippen LogP contribution in [0.15, 0.2) is 54.6 Å². The Morgan fingerprint density at radius 2 is 1.55 bits per heavy atom. The van der Waals surface area contributed by atoms with Crippen molar-refractivity contribution in [3.8, 4) is 22.7 Å². The van der Waals surface area contributed by atoms with Crippen LogP contribution in [0.25, 0.3) is 16.9 Å². The summed E-state index contributed by atoms with van der Waals surface area (Å²) in [4.78, 5) is 0. The Balaban J connectivity index is 2.13. The van der Waals surface area contributed by atoms with Gasteiger partial charge in [-0.05, 0) is 26.0 Å². The SMILES string of the molecule is Cc1ccc(-c2nn(-c3ccccc3)c(C)c2O)cc1. The third-order valence-corrected chi connectivity index (χ3v) is 3.41. The summed E-state index contributed by atoms with van der Waals surface area (Å²) in [6, 6.07) is 17.8. The first kappa shape index (κ1) is 12.5. The van der Waals surface area contributed by atoms with Gasteiger partial charge in [0.05, 0.1) is 11.4 Å². The molecule has 0 unspecified atom stereocenters. The Hall–Kier alpha value is -2.55. The lowest BCUT2D eigenvalue weighted by Crippen LogP contribution is -1.98. The predicted molar refractivity (Wildman–Crippen MR) is 80.1 cm³/mol. The average Bonchev–Trinajstić information content (AvgIpc) is 2.77. The molecule has 100 valence electrons. The van der Waals surface area contributed by atoms with E-state index in [0.29, 0.717) is 5.69 Å². The van der Waals surface area contributed by atoms with Crippen molar-refractivity contribution >= 4 is 0 Å². The molecule has 3 rings (SSSR count). The van der Waals surface area contributed by atoms with E-state index in [-0.39, 0.29) is 5.75 Å². The minimum absolute atomic E-state index is 0.234. The van der Waals surface area contributed by atoms with Gasteiger partial charge < -0.3 is 5.11 Å². The molecule has 3 nitrogen and oxygen atoms in total. The number of benzene rings is 2. The molecule has 1 aromatic heterocycles. The number of aromatic hydroxyl groups is 1. The molecule has 0 saturated heterocycles. The van der Waals surface area contributed by atoms with E-state index in [0.717, 1.165) is 16.9 Å². The van der Waals surface area contributed by atoms with Gasteiger partial charge in [-0.2, -0.15) is 5.10 Å². The topological polar surface area (TPSA) is 38.0 Å². The van der Waals surface area contributed by atoms with Gasteiger partial charge in [0.2, 0.25) is 0 Å². The van der Waals surface area contributed by atoms with Crippen molar-refractivity contribution in [2.75, 3.05) is 0 Å². The van der Waals surface area contributed by atoms with Gasteiger partial charge in [-0.25, -0.2) is 4.68 Å². The van der Waals surface area contributed by atoms with E-state index < -0.39 is 0 Å². The smallest absolute Gasteiger partial charge is 0.165 e. The zero-order valence-electron chi connectivity index (χ0n) is 11.5. The van der Waals surface area contributed by atoms with E-state index in [2.05, 4.69) is 5.10 Å². The Morgan fingerprint density at radius 3 is 2.20 bits per heavy atom. The molecule has 2 aromatic carbocycles. The summed E-state index contributed by atoms with van der Waals surface area (Å²) in [6.07, 6.45) is 0. The number of hydrogen-bond acceptors (Lipinski definition) is 2. The van der Waals surface area contributed by atoms with Crippen LogP contribution in [-0.4, -0.2) is 14.9 Å². The van der Waals surface area contributed by atoms with Crippen LogP contribution in [0.1, 0.15) is 11.3 Å². The second kappa shape index (κ2) is 4.85. The second-order valence-corrected chi connectivity index (χ2v) is 4.90. The summed E-state index contributed by atoms with van der Waals surface area (Å²) in [5.41, 5.74) is 4.41. The summed E-state index contributed by atoms with van der Waals surface area (Å²) >= 11 is 0. The van der Waals surface area contributed by atoms with Gasteiger partial charge in [-0.3, -0.25) is 0 Å². The Morgan fingerprint density at radius 1 is 0.900 bits per heavy atom. The molecular weight excluding hydrogens is 248 g/mol. The summed E-state index contributed by atoms with van der Waals surface area (Å²) in [7, 11) is 0. The molecule has 0 bridgehead atoms. The predicted octanol–water partition coefficient (Wildman–Crippen LogP) is 3.86. The van der Waals surface area contributed by atoms with Crippen molar-refractivity contribution in [3.05, 3.63) is 65.9 Å². The van der Waals surface area contributed by atoms with E-state index in [9.17, 15) is 5.11 Å². The quantitative estimate of drug-likeness (QED) is 0.763. The minimum atomic E-state index is 0.234. The van der Waals surface area contributed by atoms with Crippen LogP contribution in [-0.2, 0) is 0 Å². The fraction of sp³-hybridized carbons (Fsp3) is 0.118. The number of hydrogen-bond donors (Lipinski definition) is 1. The molecule has 0 aliphatic carbocycles. The van der Waals surface area contributed by atoms with Crippen LogP contribution < -0.4 is 0 Å². The van der Waals surface area contributed by atoms with Gasteiger partial charge >= 0.3 is 0 Å². The molecule has 3 aromatic rings. The van der Waals surface area contributed by atoms with Crippen LogP contribution in [0.3, 0.4) is 0 Å². The first-order valence-corrected chi connectivity index (χ1v) is 6.58. The molecule has 3 heteroatoms. The highest BCUT2D eigenvalue weighted by molar-refractivity contribution is 5.68. The maximum absolute atomic E-state index is 10.3. The number of nitrogens with zero attached hydrogens (tertiary/aromatic N) is 2. The number of rotatable bonds is 2. The van der Waals surface area contributed by atoms with Gasteiger partial charge in [-0.15, -0.1) is 0 Å². The maximum Gasteiger partial charge on any atom is 0.165 e. The lowest BCUT2D eigenvalue weighted by molar-refractivity contribution is 0.472. The third kappa shape index (κ3) is 2.07. The fourth-order valence-electron chi connectivity index (χ4n) is 2.22. The van der Waals surface area contributed by atoms with Crippen molar-refractivity contribution in [2.45, 2.75) is 13.8 Å². The number of aromatic nitrogens is 2. The van der Waals surface area contributed by atoms with Gasteiger partial charge in [0.1, 0.15) is 5.69 Å². The fourth-order valence-corrected chi connectivity index (χ4v) is 2.22. The summed E-state index contributed by atoms with van der Waals surface area (Å²) in [6.45, 7) is 3.91. The first-order valence-electron chi connectivity index (χ1n) is 6.58. The molecule has 0 amide bonds. The highest BCUT2D eigenvalue weighted by Crippen LogP contribution is 2.32. The summed E-state index contributed by atoms with van der Waals surface area (Å²) in [5, 5.41) is 14.9. The van der Waals surface area contributed by atoms with E-state index in [1.165, 1.54) is 5.56 Å². The molecule has 0 aliphatic heterocycles. The molecule has 0 saturated carbocycles. The van der Waals surface area contributed by atoms with Crippen molar-refractivity contribution in [2.24, 2.45) is 0 Å². The lowest BCUT2D eigenvalue weighted by atomic mass is 10.1. The Labute approximate surface area is 118 Å². The molecule has 0 atom stereocenters.